The van der Waals surface area contributed by atoms with E-state index >= 15 is 0 Å². The summed E-state index contributed by atoms with van der Waals surface area (Å²) < 4.78 is 44.3. The fourth-order valence-corrected chi connectivity index (χ4v) is 2.46. The average molecular weight is 407 g/mol. The number of pyridine rings is 1. The van der Waals surface area contributed by atoms with E-state index in [0.29, 0.717) is 17.7 Å². The van der Waals surface area contributed by atoms with Crippen LogP contribution in [0.4, 0.5) is 13.2 Å². The zero-order valence-corrected chi connectivity index (χ0v) is 15.2. The lowest BCUT2D eigenvalue weighted by atomic mass is 10.2. The summed E-state index contributed by atoms with van der Waals surface area (Å²) in [5.41, 5.74) is -0.346. The second-order valence-corrected chi connectivity index (χ2v) is 6.00. The first kappa shape index (κ1) is 20.1. The van der Waals surface area contributed by atoms with Crippen molar-refractivity contribution in [3.63, 3.8) is 0 Å². The summed E-state index contributed by atoms with van der Waals surface area (Å²) in [5, 5.41) is 9.04. The molecule has 0 bridgehead atoms. The molecule has 2 amide bonds. The maximum Gasteiger partial charge on any atom is 0.417 e. The van der Waals surface area contributed by atoms with Gasteiger partial charge in [0.1, 0.15) is 5.76 Å². The van der Waals surface area contributed by atoms with Crippen LogP contribution in [0.15, 0.2) is 47.3 Å². The van der Waals surface area contributed by atoms with Crippen LogP contribution >= 0.6 is 0 Å². The molecule has 3 heterocycles. The smallest absolute Gasteiger partial charge is 0.417 e. The van der Waals surface area contributed by atoms with Crippen molar-refractivity contribution in [1.29, 1.82) is 0 Å². The number of halogens is 3. The van der Waals surface area contributed by atoms with Crippen molar-refractivity contribution >= 4 is 11.8 Å². The van der Waals surface area contributed by atoms with E-state index in [1.165, 1.54) is 17.1 Å². The van der Waals surface area contributed by atoms with Crippen molar-refractivity contribution in [2.75, 3.05) is 6.54 Å². The quantitative estimate of drug-likeness (QED) is 0.653. The first-order valence-corrected chi connectivity index (χ1v) is 8.41. The molecule has 0 aliphatic carbocycles. The molecular weight excluding hydrogens is 391 g/mol. The van der Waals surface area contributed by atoms with E-state index in [0.717, 1.165) is 12.1 Å². The summed E-state index contributed by atoms with van der Waals surface area (Å²) in [7, 11) is 0. The Morgan fingerprint density at radius 1 is 1.17 bits per heavy atom. The lowest BCUT2D eigenvalue weighted by Crippen LogP contribution is -2.36. The Kier molecular flexibility index (Phi) is 5.66. The Labute approximate surface area is 162 Å². The highest BCUT2D eigenvalue weighted by atomic mass is 19.4. The molecule has 3 aromatic heterocycles. The molecule has 0 radical (unpaired) electrons. The molecule has 11 heteroatoms. The van der Waals surface area contributed by atoms with Crippen LogP contribution < -0.4 is 10.6 Å². The highest BCUT2D eigenvalue weighted by Crippen LogP contribution is 2.28. The third-order valence-corrected chi connectivity index (χ3v) is 4.00. The molecule has 0 saturated heterocycles. The second-order valence-electron chi connectivity index (χ2n) is 6.00. The van der Waals surface area contributed by atoms with E-state index < -0.39 is 23.6 Å². The van der Waals surface area contributed by atoms with E-state index in [1.807, 2.05) is 0 Å². The predicted molar refractivity (Wildman–Crippen MR) is 94.0 cm³/mol. The molecule has 3 rings (SSSR count). The van der Waals surface area contributed by atoms with Crippen LogP contribution in [-0.2, 0) is 17.5 Å². The van der Waals surface area contributed by atoms with Crippen molar-refractivity contribution in [2.45, 2.75) is 19.6 Å². The maximum absolute atomic E-state index is 12.6. The first-order valence-electron chi connectivity index (χ1n) is 8.41. The van der Waals surface area contributed by atoms with Gasteiger partial charge in [-0.2, -0.15) is 18.3 Å². The number of rotatable bonds is 6. The van der Waals surface area contributed by atoms with Gasteiger partial charge in [-0.05, 0) is 31.2 Å². The van der Waals surface area contributed by atoms with Gasteiger partial charge in [0, 0.05) is 6.20 Å². The lowest BCUT2D eigenvalue weighted by Gasteiger charge is -2.08. The van der Waals surface area contributed by atoms with Gasteiger partial charge >= 0.3 is 6.18 Å². The number of aromatic nitrogens is 3. The van der Waals surface area contributed by atoms with Crippen molar-refractivity contribution < 1.29 is 27.2 Å². The van der Waals surface area contributed by atoms with Gasteiger partial charge in [-0.15, -0.1) is 0 Å². The molecule has 29 heavy (non-hydrogen) atoms. The van der Waals surface area contributed by atoms with Gasteiger partial charge in [0.15, 0.2) is 5.82 Å². The zero-order chi connectivity index (χ0) is 21.0. The van der Waals surface area contributed by atoms with Crippen LogP contribution in [0, 0.1) is 6.92 Å². The highest BCUT2D eigenvalue weighted by Gasteiger charge is 2.30. The molecule has 0 atom stereocenters. The summed E-state index contributed by atoms with van der Waals surface area (Å²) in [6, 6.07) is 5.43. The fourth-order valence-electron chi connectivity index (χ4n) is 2.46. The minimum absolute atomic E-state index is 0.130. The number of nitrogens with one attached hydrogen (secondary N) is 2. The molecular formula is C18H16F3N5O3. The second kappa shape index (κ2) is 8.17. The molecule has 0 aliphatic heterocycles. The Morgan fingerprint density at radius 3 is 2.59 bits per heavy atom. The van der Waals surface area contributed by atoms with Crippen LogP contribution in [0.2, 0.25) is 0 Å². The molecule has 0 saturated carbocycles. The van der Waals surface area contributed by atoms with Gasteiger partial charge in [-0.1, -0.05) is 0 Å². The molecule has 0 spiro atoms. The van der Waals surface area contributed by atoms with Crippen LogP contribution in [0.3, 0.4) is 0 Å². The predicted octanol–water partition coefficient (Wildman–Crippen LogP) is 2.23. The molecule has 152 valence electrons. The Balaban J connectivity index is 1.61. The van der Waals surface area contributed by atoms with Gasteiger partial charge in [0.25, 0.3) is 5.91 Å². The van der Waals surface area contributed by atoms with E-state index in [-0.39, 0.29) is 24.5 Å². The highest BCUT2D eigenvalue weighted by molar-refractivity contribution is 5.97. The fraction of sp³-hybridized carbons (Fsp3) is 0.222. The Hall–Kier alpha value is -3.63. The lowest BCUT2D eigenvalue weighted by molar-refractivity contribution is -0.137. The minimum Gasteiger partial charge on any atom is -0.467 e. The summed E-state index contributed by atoms with van der Waals surface area (Å²) in [4.78, 5) is 27.9. The van der Waals surface area contributed by atoms with Crippen LogP contribution in [0.25, 0.3) is 5.82 Å². The van der Waals surface area contributed by atoms with Crippen LogP contribution in [-0.4, -0.2) is 33.1 Å². The number of hydrogen-bond donors (Lipinski definition) is 2. The maximum atomic E-state index is 12.6. The summed E-state index contributed by atoms with van der Waals surface area (Å²) >= 11 is 0. The third kappa shape index (κ3) is 4.81. The van der Waals surface area contributed by atoms with Gasteiger partial charge in [0.2, 0.25) is 5.91 Å². The van der Waals surface area contributed by atoms with Crippen molar-refractivity contribution in [3.05, 3.63) is 65.5 Å². The largest absolute Gasteiger partial charge is 0.467 e. The van der Waals surface area contributed by atoms with E-state index in [9.17, 15) is 22.8 Å². The van der Waals surface area contributed by atoms with E-state index in [2.05, 4.69) is 20.7 Å². The average Bonchev–Trinajstić information content (AvgIpc) is 3.33. The molecule has 3 aromatic rings. The Bertz CT molecular complexity index is 995. The molecule has 0 unspecified atom stereocenters. The van der Waals surface area contributed by atoms with Crippen molar-refractivity contribution in [1.82, 2.24) is 25.4 Å². The normalized spacial score (nSPS) is 11.3. The van der Waals surface area contributed by atoms with Gasteiger partial charge in [0.05, 0.1) is 42.4 Å². The number of amides is 2. The minimum atomic E-state index is -4.49. The Morgan fingerprint density at radius 2 is 1.97 bits per heavy atom. The first-order chi connectivity index (χ1) is 13.8. The van der Waals surface area contributed by atoms with Crippen LogP contribution in [0.1, 0.15) is 27.4 Å². The molecule has 8 nitrogen and oxygen atoms in total. The molecule has 2 N–H and O–H groups in total. The molecule has 0 fully saturated rings. The summed E-state index contributed by atoms with van der Waals surface area (Å²) in [6.45, 7) is 1.50. The number of nitrogens with zero attached hydrogens (tertiary/aromatic N) is 3. The van der Waals surface area contributed by atoms with Crippen LogP contribution in [0.5, 0.6) is 0 Å². The number of alkyl halides is 3. The molecule has 0 aliphatic rings. The number of carbonyl (C=O) groups is 2. The van der Waals surface area contributed by atoms with E-state index in [1.54, 1.807) is 19.1 Å². The SMILES string of the molecule is Cc1c(C(=O)NCC(=O)NCc2ccco2)cnn1-c1ccc(C(F)(F)F)cn1. The van der Waals surface area contributed by atoms with Gasteiger partial charge in [-0.3, -0.25) is 9.59 Å². The van der Waals surface area contributed by atoms with Crippen molar-refractivity contribution in [3.8, 4) is 5.82 Å². The van der Waals surface area contributed by atoms with Gasteiger partial charge < -0.3 is 15.1 Å². The number of hydrogen-bond acceptors (Lipinski definition) is 5. The summed E-state index contributed by atoms with van der Waals surface area (Å²) in [5.74, 6) is -0.255. The van der Waals surface area contributed by atoms with E-state index in [4.69, 9.17) is 4.42 Å². The molecule has 0 aromatic carbocycles. The zero-order valence-electron chi connectivity index (χ0n) is 15.2. The topological polar surface area (TPSA) is 102 Å². The third-order valence-electron chi connectivity index (χ3n) is 4.00. The van der Waals surface area contributed by atoms with Gasteiger partial charge in [-0.25, -0.2) is 9.67 Å². The number of carbonyl (C=O) groups excluding carboxylic acids is 2. The summed E-state index contributed by atoms with van der Waals surface area (Å²) in [6.07, 6.45) is -1.06. The standard InChI is InChI=1S/C18H16F3N5O3/c1-11-14(17(28)24-10-16(27)23-8-13-3-2-6-29-13)9-25-26(11)15-5-4-12(7-22-15)18(19,20)21/h2-7,9H,8,10H2,1H3,(H,23,27)(H,24,28). The number of furan rings is 1. The monoisotopic (exact) mass is 407 g/mol. The van der Waals surface area contributed by atoms with Crippen molar-refractivity contribution in [2.24, 2.45) is 0 Å².